The predicted molar refractivity (Wildman–Crippen MR) is 86.0 cm³/mol. The van der Waals surface area contributed by atoms with Crippen LogP contribution in [0.5, 0.6) is 0 Å². The Morgan fingerprint density at radius 2 is 2.12 bits per heavy atom. The molecule has 1 aliphatic heterocycles. The maximum atomic E-state index is 12.3. The van der Waals surface area contributed by atoms with Gasteiger partial charge in [0, 0.05) is 39.8 Å². The van der Waals surface area contributed by atoms with Gasteiger partial charge in [-0.25, -0.2) is 8.42 Å². The van der Waals surface area contributed by atoms with Gasteiger partial charge < -0.3 is 19.5 Å². The number of rotatable bonds is 9. The minimum atomic E-state index is -3.67. The van der Waals surface area contributed by atoms with Gasteiger partial charge in [-0.05, 0) is 5.92 Å². The quantitative estimate of drug-likeness (QED) is 0.570. The number of nitrogens with zero attached hydrogens (tertiary/aromatic N) is 2. The molecule has 9 nitrogen and oxygen atoms in total. The minimum Gasteiger partial charge on any atom is -0.480 e. The lowest BCUT2D eigenvalue weighted by Gasteiger charge is -2.35. The predicted octanol–water partition coefficient (Wildman–Crippen LogP) is -0.767. The Balaban J connectivity index is 2.64. The standard InChI is InChI=1S/C14H26N2O7S/c1-11(10-22-2)6-13(17)15-4-5-23-12(7-15)8-16(9-14(18)19)24(3,20)21/h11-12H,4-10H2,1-3H3,(H,18,19). The van der Waals surface area contributed by atoms with Crippen molar-refractivity contribution in [1.29, 1.82) is 0 Å². The SMILES string of the molecule is COCC(C)CC(=O)N1CCOC(CN(CC(=O)O)S(C)(=O)=O)C1. The molecule has 24 heavy (non-hydrogen) atoms. The van der Waals surface area contributed by atoms with E-state index in [4.69, 9.17) is 14.6 Å². The molecule has 0 aliphatic carbocycles. The highest BCUT2D eigenvalue weighted by Crippen LogP contribution is 2.13. The monoisotopic (exact) mass is 366 g/mol. The van der Waals surface area contributed by atoms with Gasteiger partial charge in [0.25, 0.3) is 0 Å². The lowest BCUT2D eigenvalue weighted by atomic mass is 10.1. The molecule has 0 aromatic rings. The first-order chi connectivity index (χ1) is 11.1. The van der Waals surface area contributed by atoms with Crippen LogP contribution in [0.3, 0.4) is 0 Å². The molecule has 0 spiro atoms. The fourth-order valence-corrected chi connectivity index (χ4v) is 3.30. The van der Waals surface area contributed by atoms with Crippen molar-refractivity contribution in [2.75, 3.05) is 52.8 Å². The Morgan fingerprint density at radius 1 is 1.46 bits per heavy atom. The molecule has 1 heterocycles. The summed E-state index contributed by atoms with van der Waals surface area (Å²) in [4.78, 5) is 24.7. The maximum absolute atomic E-state index is 12.3. The normalized spacial score (nSPS) is 20.2. The summed E-state index contributed by atoms with van der Waals surface area (Å²) in [5.41, 5.74) is 0. The van der Waals surface area contributed by atoms with Crippen LogP contribution in [0.1, 0.15) is 13.3 Å². The van der Waals surface area contributed by atoms with Gasteiger partial charge in [-0.1, -0.05) is 6.92 Å². The molecule has 1 rings (SSSR count). The molecule has 2 atom stereocenters. The zero-order valence-electron chi connectivity index (χ0n) is 14.3. The average molecular weight is 366 g/mol. The number of carbonyl (C=O) groups excluding carboxylic acids is 1. The summed E-state index contributed by atoms with van der Waals surface area (Å²) >= 11 is 0. The zero-order chi connectivity index (χ0) is 18.3. The first kappa shape index (κ1) is 20.8. The van der Waals surface area contributed by atoms with Crippen LogP contribution in [-0.4, -0.2) is 93.5 Å². The van der Waals surface area contributed by atoms with Crippen molar-refractivity contribution < 1.29 is 32.6 Å². The molecule has 1 N–H and O–H groups in total. The molecule has 2 unspecified atom stereocenters. The van der Waals surface area contributed by atoms with Crippen molar-refractivity contribution >= 4 is 21.9 Å². The number of methoxy groups -OCH3 is 1. The van der Waals surface area contributed by atoms with Gasteiger partial charge in [-0.2, -0.15) is 4.31 Å². The van der Waals surface area contributed by atoms with Gasteiger partial charge in [0.05, 0.1) is 19.0 Å². The third-order valence-corrected chi connectivity index (χ3v) is 4.87. The van der Waals surface area contributed by atoms with Crippen molar-refractivity contribution in [1.82, 2.24) is 9.21 Å². The highest BCUT2D eigenvalue weighted by molar-refractivity contribution is 7.88. The lowest BCUT2D eigenvalue weighted by molar-refractivity contribution is -0.142. The van der Waals surface area contributed by atoms with Gasteiger partial charge in [0.2, 0.25) is 15.9 Å². The van der Waals surface area contributed by atoms with Crippen LogP contribution in [0.15, 0.2) is 0 Å². The molecule has 0 radical (unpaired) electrons. The Morgan fingerprint density at radius 3 is 2.67 bits per heavy atom. The summed E-state index contributed by atoms with van der Waals surface area (Å²) in [7, 11) is -2.09. The van der Waals surface area contributed by atoms with E-state index < -0.39 is 28.6 Å². The van der Waals surface area contributed by atoms with Gasteiger partial charge in [-0.3, -0.25) is 9.59 Å². The number of amides is 1. The number of morpholine rings is 1. The molecule has 10 heteroatoms. The summed E-state index contributed by atoms with van der Waals surface area (Å²) in [5, 5.41) is 8.84. The molecule has 0 aromatic heterocycles. The Labute approximate surface area is 142 Å². The van der Waals surface area contributed by atoms with Crippen molar-refractivity contribution in [2.45, 2.75) is 19.4 Å². The van der Waals surface area contributed by atoms with E-state index in [9.17, 15) is 18.0 Å². The van der Waals surface area contributed by atoms with E-state index in [1.54, 1.807) is 12.0 Å². The van der Waals surface area contributed by atoms with E-state index >= 15 is 0 Å². The number of ether oxygens (including phenoxy) is 2. The summed E-state index contributed by atoms with van der Waals surface area (Å²) in [6.07, 6.45) is 0.745. The summed E-state index contributed by atoms with van der Waals surface area (Å²) < 4.78 is 34.7. The molecule has 1 aliphatic rings. The third kappa shape index (κ3) is 7.12. The average Bonchev–Trinajstić information content (AvgIpc) is 2.45. The molecule has 1 amide bonds. The number of sulfonamides is 1. The first-order valence-electron chi connectivity index (χ1n) is 7.68. The van der Waals surface area contributed by atoms with Crippen LogP contribution >= 0.6 is 0 Å². The van der Waals surface area contributed by atoms with Crippen LogP contribution in [0, 0.1) is 5.92 Å². The van der Waals surface area contributed by atoms with Crippen LogP contribution in [0.25, 0.3) is 0 Å². The summed E-state index contributed by atoms with van der Waals surface area (Å²) in [6.45, 7) is 2.65. The van der Waals surface area contributed by atoms with Crippen LogP contribution in [0.4, 0.5) is 0 Å². The molecule has 1 saturated heterocycles. The maximum Gasteiger partial charge on any atom is 0.318 e. The molecular weight excluding hydrogens is 340 g/mol. The molecule has 0 saturated carbocycles. The highest BCUT2D eigenvalue weighted by atomic mass is 32.2. The second kappa shape index (κ2) is 9.30. The molecular formula is C14H26N2O7S. The number of carboxylic acid groups (broad SMARTS) is 1. The fraction of sp³-hybridized carbons (Fsp3) is 0.857. The van der Waals surface area contributed by atoms with Crippen molar-refractivity contribution in [3.63, 3.8) is 0 Å². The summed E-state index contributed by atoms with van der Waals surface area (Å²) in [6, 6.07) is 0. The lowest BCUT2D eigenvalue weighted by Crippen LogP contribution is -2.51. The zero-order valence-corrected chi connectivity index (χ0v) is 15.1. The van der Waals surface area contributed by atoms with E-state index in [1.165, 1.54) is 0 Å². The van der Waals surface area contributed by atoms with Crippen LogP contribution in [0.2, 0.25) is 0 Å². The van der Waals surface area contributed by atoms with Gasteiger partial charge in [-0.15, -0.1) is 0 Å². The minimum absolute atomic E-state index is 0.0445. The molecule has 0 aromatic carbocycles. The van der Waals surface area contributed by atoms with Gasteiger partial charge in [0.1, 0.15) is 6.54 Å². The Kier molecular flexibility index (Phi) is 8.07. The second-order valence-corrected chi connectivity index (χ2v) is 8.03. The molecule has 140 valence electrons. The number of hydrogen-bond acceptors (Lipinski definition) is 6. The van der Waals surface area contributed by atoms with E-state index in [0.717, 1.165) is 10.6 Å². The van der Waals surface area contributed by atoms with Crippen molar-refractivity contribution in [3.8, 4) is 0 Å². The van der Waals surface area contributed by atoms with E-state index in [0.29, 0.717) is 26.2 Å². The fourth-order valence-electron chi connectivity index (χ4n) is 2.52. The van der Waals surface area contributed by atoms with Crippen LogP contribution in [-0.2, 0) is 29.1 Å². The number of carbonyl (C=O) groups is 2. The second-order valence-electron chi connectivity index (χ2n) is 6.05. The van der Waals surface area contributed by atoms with Crippen molar-refractivity contribution in [2.24, 2.45) is 5.92 Å². The van der Waals surface area contributed by atoms with E-state index in [2.05, 4.69) is 0 Å². The van der Waals surface area contributed by atoms with Crippen LogP contribution < -0.4 is 0 Å². The number of carboxylic acids is 1. The number of hydrogen-bond donors (Lipinski definition) is 1. The van der Waals surface area contributed by atoms with Gasteiger partial charge >= 0.3 is 5.97 Å². The molecule has 1 fully saturated rings. The van der Waals surface area contributed by atoms with E-state index in [-0.39, 0.29) is 24.9 Å². The number of aliphatic carboxylic acids is 1. The molecule has 0 bridgehead atoms. The third-order valence-electron chi connectivity index (χ3n) is 3.65. The first-order valence-corrected chi connectivity index (χ1v) is 9.53. The Hall–Kier alpha value is -1.23. The largest absolute Gasteiger partial charge is 0.480 e. The topological polar surface area (TPSA) is 113 Å². The van der Waals surface area contributed by atoms with Gasteiger partial charge in [0.15, 0.2) is 0 Å². The van der Waals surface area contributed by atoms with Crippen molar-refractivity contribution in [3.05, 3.63) is 0 Å². The highest BCUT2D eigenvalue weighted by Gasteiger charge is 2.30. The Bertz CT molecular complexity index is 537. The summed E-state index contributed by atoms with van der Waals surface area (Å²) in [5.74, 6) is -1.20. The van der Waals surface area contributed by atoms with E-state index in [1.807, 2.05) is 6.92 Å². The smallest absolute Gasteiger partial charge is 0.318 e.